The molecule has 112 valence electrons. The molecule has 0 aromatic heterocycles. The monoisotopic (exact) mass is 301 g/mol. The zero-order valence-corrected chi connectivity index (χ0v) is 12.4. The maximum atomic E-state index is 13.3. The molecule has 0 spiro atoms. The quantitative estimate of drug-likeness (QED) is 0.906. The molecule has 0 saturated heterocycles. The molecule has 4 nitrogen and oxygen atoms in total. The largest absolute Gasteiger partial charge is 0.392 e. The zero-order valence-electron chi connectivity index (χ0n) is 11.5. The third-order valence-electron chi connectivity index (χ3n) is 3.89. The van der Waals surface area contributed by atoms with E-state index in [4.69, 9.17) is 5.11 Å². The van der Waals surface area contributed by atoms with Gasteiger partial charge in [0, 0.05) is 19.2 Å². The van der Waals surface area contributed by atoms with Gasteiger partial charge in [0.05, 0.1) is 11.5 Å². The van der Waals surface area contributed by atoms with Crippen LogP contribution in [0.2, 0.25) is 0 Å². The Kier molecular flexibility index (Phi) is 4.78. The summed E-state index contributed by atoms with van der Waals surface area (Å²) in [5, 5.41) is 9.03. The lowest BCUT2D eigenvalue weighted by Gasteiger charge is -2.21. The van der Waals surface area contributed by atoms with Crippen LogP contribution in [0.3, 0.4) is 0 Å². The average Bonchev–Trinajstić information content (AvgIpc) is 2.91. The van der Waals surface area contributed by atoms with Crippen LogP contribution >= 0.6 is 0 Å². The smallest absolute Gasteiger partial charge is 0.242 e. The predicted molar refractivity (Wildman–Crippen MR) is 74.1 cm³/mol. The molecule has 0 amide bonds. The highest BCUT2D eigenvalue weighted by Gasteiger charge is 2.26. The van der Waals surface area contributed by atoms with Crippen molar-refractivity contribution in [2.24, 2.45) is 5.92 Å². The van der Waals surface area contributed by atoms with Gasteiger partial charge in [-0.3, -0.25) is 0 Å². The molecule has 1 fully saturated rings. The van der Waals surface area contributed by atoms with Gasteiger partial charge in [-0.1, -0.05) is 12.8 Å². The summed E-state index contributed by atoms with van der Waals surface area (Å²) in [6.07, 6.45) is 4.43. The molecule has 2 rings (SSSR count). The topological polar surface area (TPSA) is 57.6 Å². The summed E-state index contributed by atoms with van der Waals surface area (Å²) < 4.78 is 39.5. The van der Waals surface area contributed by atoms with E-state index in [1.165, 1.54) is 16.4 Å². The number of halogens is 1. The Bertz CT molecular complexity index is 568. The summed E-state index contributed by atoms with van der Waals surface area (Å²) in [5.41, 5.74) is 0.000316. The van der Waals surface area contributed by atoms with Crippen LogP contribution in [0.4, 0.5) is 4.39 Å². The van der Waals surface area contributed by atoms with E-state index in [9.17, 15) is 12.8 Å². The fourth-order valence-electron chi connectivity index (χ4n) is 2.67. The van der Waals surface area contributed by atoms with E-state index in [2.05, 4.69) is 0 Å². The molecular weight excluding hydrogens is 281 g/mol. The average molecular weight is 301 g/mol. The molecule has 1 aliphatic carbocycles. The van der Waals surface area contributed by atoms with Crippen LogP contribution in [0, 0.1) is 11.7 Å². The summed E-state index contributed by atoms with van der Waals surface area (Å²) in [6.45, 7) is -0.0182. The number of rotatable bonds is 5. The van der Waals surface area contributed by atoms with Crippen molar-refractivity contribution < 1.29 is 17.9 Å². The van der Waals surface area contributed by atoms with Gasteiger partial charge in [-0.05, 0) is 37.0 Å². The Morgan fingerprint density at radius 1 is 1.35 bits per heavy atom. The second-order valence-corrected chi connectivity index (χ2v) is 7.39. The third-order valence-corrected chi connectivity index (χ3v) is 5.71. The lowest BCUT2D eigenvalue weighted by molar-refractivity contribution is 0.275. The first-order valence-corrected chi connectivity index (χ1v) is 8.25. The van der Waals surface area contributed by atoms with E-state index >= 15 is 0 Å². The highest BCUT2D eigenvalue weighted by molar-refractivity contribution is 7.89. The molecule has 20 heavy (non-hydrogen) atoms. The van der Waals surface area contributed by atoms with Crippen molar-refractivity contribution in [3.05, 3.63) is 29.6 Å². The minimum absolute atomic E-state index is 0.000316. The molecular formula is C14H20FNO3S. The van der Waals surface area contributed by atoms with E-state index in [0.29, 0.717) is 12.5 Å². The molecule has 1 aromatic carbocycles. The SMILES string of the molecule is CN(CC1CCCC1)S(=O)(=O)c1ccc(F)c(CO)c1. The number of hydrogen-bond donors (Lipinski definition) is 1. The van der Waals surface area contributed by atoms with Crippen molar-refractivity contribution in [3.63, 3.8) is 0 Å². The lowest BCUT2D eigenvalue weighted by atomic mass is 10.1. The van der Waals surface area contributed by atoms with Crippen molar-refractivity contribution in [3.8, 4) is 0 Å². The molecule has 0 radical (unpaired) electrons. The molecule has 1 N–H and O–H groups in total. The second kappa shape index (κ2) is 6.20. The Labute approximate surface area is 119 Å². The Hall–Kier alpha value is -0.980. The van der Waals surface area contributed by atoms with Gasteiger partial charge in [0.2, 0.25) is 10.0 Å². The third kappa shape index (κ3) is 3.19. The van der Waals surface area contributed by atoms with Crippen LogP contribution in [0.15, 0.2) is 23.1 Å². The first-order valence-electron chi connectivity index (χ1n) is 6.81. The van der Waals surface area contributed by atoms with Gasteiger partial charge in [-0.2, -0.15) is 0 Å². The number of aliphatic hydroxyl groups is 1. The molecule has 6 heteroatoms. The molecule has 1 aliphatic rings. The van der Waals surface area contributed by atoms with Gasteiger partial charge < -0.3 is 5.11 Å². The standard InChI is InChI=1S/C14H20FNO3S/c1-16(9-11-4-2-3-5-11)20(18,19)13-6-7-14(15)12(8-13)10-17/h6-8,11,17H,2-5,9-10H2,1H3. The number of nitrogens with zero attached hydrogens (tertiary/aromatic N) is 1. The molecule has 0 heterocycles. The fourth-order valence-corrected chi connectivity index (χ4v) is 3.97. The highest BCUT2D eigenvalue weighted by Crippen LogP contribution is 2.27. The van der Waals surface area contributed by atoms with Crippen LogP contribution < -0.4 is 0 Å². The molecule has 0 aliphatic heterocycles. The summed E-state index contributed by atoms with van der Waals surface area (Å²) >= 11 is 0. The van der Waals surface area contributed by atoms with E-state index in [1.807, 2.05) is 0 Å². The van der Waals surface area contributed by atoms with E-state index in [1.54, 1.807) is 7.05 Å². The molecule has 1 saturated carbocycles. The van der Waals surface area contributed by atoms with E-state index in [0.717, 1.165) is 31.7 Å². The van der Waals surface area contributed by atoms with Crippen LogP contribution in [-0.2, 0) is 16.6 Å². The predicted octanol–water partition coefficient (Wildman–Crippen LogP) is 2.13. The lowest BCUT2D eigenvalue weighted by Crippen LogP contribution is -2.31. The van der Waals surface area contributed by atoms with Crippen LogP contribution in [0.1, 0.15) is 31.2 Å². The minimum atomic E-state index is -3.62. The zero-order chi connectivity index (χ0) is 14.8. The number of hydrogen-bond acceptors (Lipinski definition) is 3. The van der Waals surface area contributed by atoms with Gasteiger partial charge in [-0.25, -0.2) is 17.1 Å². The van der Waals surface area contributed by atoms with Gasteiger partial charge in [0.15, 0.2) is 0 Å². The molecule has 1 aromatic rings. The van der Waals surface area contributed by atoms with Crippen LogP contribution in [-0.4, -0.2) is 31.4 Å². The highest BCUT2D eigenvalue weighted by atomic mass is 32.2. The van der Waals surface area contributed by atoms with Crippen LogP contribution in [0.25, 0.3) is 0 Å². The van der Waals surface area contributed by atoms with Gasteiger partial charge in [0.1, 0.15) is 5.82 Å². The van der Waals surface area contributed by atoms with Crippen LogP contribution in [0.5, 0.6) is 0 Å². The van der Waals surface area contributed by atoms with Gasteiger partial charge in [-0.15, -0.1) is 0 Å². The fraction of sp³-hybridized carbons (Fsp3) is 0.571. The van der Waals surface area contributed by atoms with Gasteiger partial charge >= 0.3 is 0 Å². The summed E-state index contributed by atoms with van der Waals surface area (Å²) in [6, 6.07) is 3.53. The van der Waals surface area contributed by atoms with Crippen molar-refractivity contribution in [2.75, 3.05) is 13.6 Å². The Morgan fingerprint density at radius 2 is 2.00 bits per heavy atom. The van der Waals surface area contributed by atoms with Crippen molar-refractivity contribution >= 4 is 10.0 Å². The van der Waals surface area contributed by atoms with Crippen molar-refractivity contribution in [1.29, 1.82) is 0 Å². The molecule has 0 bridgehead atoms. The first-order chi connectivity index (χ1) is 9.45. The Morgan fingerprint density at radius 3 is 2.60 bits per heavy atom. The van der Waals surface area contributed by atoms with Gasteiger partial charge in [0.25, 0.3) is 0 Å². The van der Waals surface area contributed by atoms with Crippen molar-refractivity contribution in [1.82, 2.24) is 4.31 Å². The van der Waals surface area contributed by atoms with Crippen molar-refractivity contribution in [2.45, 2.75) is 37.2 Å². The summed E-state index contributed by atoms with van der Waals surface area (Å²) in [4.78, 5) is 0.0310. The second-order valence-electron chi connectivity index (χ2n) is 5.35. The maximum absolute atomic E-state index is 13.3. The minimum Gasteiger partial charge on any atom is -0.392 e. The first kappa shape index (κ1) is 15.4. The number of aliphatic hydroxyl groups excluding tert-OH is 1. The number of benzene rings is 1. The maximum Gasteiger partial charge on any atom is 0.242 e. The normalized spacial score (nSPS) is 17.0. The van der Waals surface area contributed by atoms with E-state index in [-0.39, 0.29) is 10.5 Å². The summed E-state index contributed by atoms with van der Waals surface area (Å²) in [7, 11) is -2.07. The Balaban J connectivity index is 2.20. The van der Waals surface area contributed by atoms with E-state index < -0.39 is 22.4 Å². The molecule has 0 unspecified atom stereocenters. The molecule has 0 atom stereocenters. The number of sulfonamides is 1. The summed E-state index contributed by atoms with van der Waals surface area (Å²) in [5.74, 6) is -0.183.